The molecular weight excluding hydrogens is 318 g/mol. The average molecular weight is 337 g/mol. The van der Waals surface area contributed by atoms with Crippen molar-refractivity contribution in [3.63, 3.8) is 0 Å². The average Bonchev–Trinajstić information content (AvgIpc) is 3.15. The highest BCUT2D eigenvalue weighted by atomic mass is 16.5. The molecule has 0 bridgehead atoms. The molecule has 128 valence electrons. The lowest BCUT2D eigenvalue weighted by atomic mass is 10.1. The Labute approximate surface area is 145 Å². The second-order valence-corrected chi connectivity index (χ2v) is 5.44. The zero-order valence-corrected chi connectivity index (χ0v) is 13.9. The maximum Gasteiger partial charge on any atom is 0.229 e. The van der Waals surface area contributed by atoms with Crippen molar-refractivity contribution in [1.29, 1.82) is 0 Å². The van der Waals surface area contributed by atoms with Gasteiger partial charge in [-0.25, -0.2) is 4.98 Å². The summed E-state index contributed by atoms with van der Waals surface area (Å²) in [6.07, 6.45) is 3.59. The van der Waals surface area contributed by atoms with Crippen molar-refractivity contribution in [2.45, 2.75) is 13.0 Å². The Morgan fingerprint density at radius 3 is 2.64 bits per heavy atom. The number of nitrogens with zero attached hydrogens (tertiary/aromatic N) is 1. The molecule has 6 heteroatoms. The number of benzene rings is 1. The van der Waals surface area contributed by atoms with Gasteiger partial charge in [-0.05, 0) is 42.0 Å². The van der Waals surface area contributed by atoms with Gasteiger partial charge in [0.25, 0.3) is 0 Å². The van der Waals surface area contributed by atoms with Gasteiger partial charge in [-0.2, -0.15) is 0 Å². The van der Waals surface area contributed by atoms with E-state index in [1.54, 1.807) is 25.6 Å². The maximum absolute atomic E-state index is 12.1. The highest BCUT2D eigenvalue weighted by Gasteiger charge is 2.06. The van der Waals surface area contributed by atoms with Crippen LogP contribution in [0.15, 0.2) is 65.4 Å². The van der Waals surface area contributed by atoms with Gasteiger partial charge in [0.15, 0.2) is 0 Å². The van der Waals surface area contributed by atoms with Crippen molar-refractivity contribution in [3.8, 4) is 5.75 Å². The summed E-state index contributed by atoms with van der Waals surface area (Å²) in [5, 5.41) is 5.99. The molecule has 0 atom stereocenters. The number of hydrogen-bond acceptors (Lipinski definition) is 5. The number of carbonyl (C=O) groups excluding carboxylic acids is 1. The van der Waals surface area contributed by atoms with Crippen LogP contribution in [0, 0.1) is 0 Å². The van der Waals surface area contributed by atoms with E-state index in [4.69, 9.17) is 9.15 Å². The molecular formula is C19H19N3O3. The molecule has 0 saturated carbocycles. The Bertz CT molecular complexity index is 797. The third kappa shape index (κ3) is 4.84. The Morgan fingerprint density at radius 2 is 2.00 bits per heavy atom. The van der Waals surface area contributed by atoms with Crippen LogP contribution in [-0.2, 0) is 17.8 Å². The van der Waals surface area contributed by atoms with E-state index in [2.05, 4.69) is 15.6 Å². The third-order valence-corrected chi connectivity index (χ3v) is 3.60. The van der Waals surface area contributed by atoms with Gasteiger partial charge in [-0.3, -0.25) is 4.79 Å². The summed E-state index contributed by atoms with van der Waals surface area (Å²) in [6, 6.07) is 14.8. The molecule has 3 aromatic rings. The number of carbonyl (C=O) groups is 1. The van der Waals surface area contributed by atoms with E-state index in [0.717, 1.165) is 22.8 Å². The smallest absolute Gasteiger partial charge is 0.229 e. The number of ether oxygens (including phenoxy) is 1. The SMILES string of the molecule is COc1ccc(CC(=O)Nc2ccc(NCc3ccco3)cn2)cc1. The first-order valence-corrected chi connectivity index (χ1v) is 7.88. The summed E-state index contributed by atoms with van der Waals surface area (Å²) >= 11 is 0. The van der Waals surface area contributed by atoms with Crippen molar-refractivity contribution < 1.29 is 13.9 Å². The van der Waals surface area contributed by atoms with E-state index in [1.165, 1.54) is 0 Å². The first-order chi connectivity index (χ1) is 12.2. The van der Waals surface area contributed by atoms with Gasteiger partial charge in [-0.15, -0.1) is 0 Å². The Balaban J connectivity index is 1.50. The number of rotatable bonds is 7. The van der Waals surface area contributed by atoms with Crippen LogP contribution in [0.25, 0.3) is 0 Å². The lowest BCUT2D eigenvalue weighted by Gasteiger charge is -2.07. The fraction of sp³-hybridized carbons (Fsp3) is 0.158. The van der Waals surface area contributed by atoms with Crippen molar-refractivity contribution >= 4 is 17.4 Å². The van der Waals surface area contributed by atoms with Crippen molar-refractivity contribution in [1.82, 2.24) is 4.98 Å². The van der Waals surface area contributed by atoms with Crippen LogP contribution in [-0.4, -0.2) is 18.0 Å². The van der Waals surface area contributed by atoms with Crippen molar-refractivity contribution in [2.24, 2.45) is 0 Å². The van der Waals surface area contributed by atoms with Crippen LogP contribution in [0.3, 0.4) is 0 Å². The molecule has 0 aliphatic rings. The molecule has 1 aromatic carbocycles. The van der Waals surface area contributed by atoms with Gasteiger partial charge < -0.3 is 19.8 Å². The zero-order valence-electron chi connectivity index (χ0n) is 13.9. The lowest BCUT2D eigenvalue weighted by molar-refractivity contribution is -0.115. The summed E-state index contributed by atoms with van der Waals surface area (Å²) in [7, 11) is 1.61. The minimum atomic E-state index is -0.117. The fourth-order valence-electron chi connectivity index (χ4n) is 2.29. The van der Waals surface area contributed by atoms with Crippen molar-refractivity contribution in [3.05, 3.63) is 72.3 Å². The molecule has 1 amide bonds. The number of hydrogen-bond donors (Lipinski definition) is 2. The van der Waals surface area contributed by atoms with E-state index in [9.17, 15) is 4.79 Å². The van der Waals surface area contributed by atoms with Crippen LogP contribution in [0.5, 0.6) is 5.75 Å². The molecule has 0 saturated heterocycles. The molecule has 0 aliphatic carbocycles. The summed E-state index contributed by atoms with van der Waals surface area (Å²) in [5.74, 6) is 2.01. The minimum absolute atomic E-state index is 0.117. The molecule has 0 spiro atoms. The van der Waals surface area contributed by atoms with E-state index in [1.807, 2.05) is 42.5 Å². The van der Waals surface area contributed by atoms with Crippen LogP contribution in [0.4, 0.5) is 11.5 Å². The largest absolute Gasteiger partial charge is 0.497 e. The molecule has 25 heavy (non-hydrogen) atoms. The monoisotopic (exact) mass is 337 g/mol. The molecule has 2 heterocycles. The van der Waals surface area contributed by atoms with Crippen molar-refractivity contribution in [2.75, 3.05) is 17.7 Å². The second kappa shape index (κ2) is 8.01. The number of pyridine rings is 1. The number of nitrogens with one attached hydrogen (secondary N) is 2. The molecule has 0 radical (unpaired) electrons. The molecule has 0 unspecified atom stereocenters. The number of amides is 1. The first kappa shape index (κ1) is 16.6. The summed E-state index contributed by atoms with van der Waals surface area (Å²) in [6.45, 7) is 0.581. The van der Waals surface area contributed by atoms with Gasteiger partial charge in [0, 0.05) is 0 Å². The minimum Gasteiger partial charge on any atom is -0.497 e. The number of aromatic nitrogens is 1. The quantitative estimate of drug-likeness (QED) is 0.690. The summed E-state index contributed by atoms with van der Waals surface area (Å²) in [4.78, 5) is 16.3. The number of methoxy groups -OCH3 is 1. The summed E-state index contributed by atoms with van der Waals surface area (Å²) < 4.78 is 10.4. The topological polar surface area (TPSA) is 76.4 Å². The van der Waals surface area contributed by atoms with Crippen LogP contribution < -0.4 is 15.4 Å². The normalized spacial score (nSPS) is 10.3. The molecule has 3 rings (SSSR count). The predicted molar refractivity (Wildman–Crippen MR) is 95.6 cm³/mol. The first-order valence-electron chi connectivity index (χ1n) is 7.88. The van der Waals surface area contributed by atoms with E-state index in [-0.39, 0.29) is 12.3 Å². The third-order valence-electron chi connectivity index (χ3n) is 3.60. The number of anilines is 2. The molecule has 0 aliphatic heterocycles. The van der Waals surface area contributed by atoms with Crippen LogP contribution >= 0.6 is 0 Å². The zero-order chi connectivity index (χ0) is 17.5. The predicted octanol–water partition coefficient (Wildman–Crippen LogP) is 3.48. The standard InChI is InChI=1S/C19H19N3O3/c1-24-16-7-4-14(5-8-16)11-19(23)22-18-9-6-15(12-21-18)20-13-17-3-2-10-25-17/h2-10,12,20H,11,13H2,1H3,(H,21,22,23). The highest BCUT2D eigenvalue weighted by Crippen LogP contribution is 2.14. The second-order valence-electron chi connectivity index (χ2n) is 5.44. The Hall–Kier alpha value is -3.28. The van der Waals surface area contributed by atoms with E-state index >= 15 is 0 Å². The highest BCUT2D eigenvalue weighted by molar-refractivity contribution is 5.91. The summed E-state index contributed by atoms with van der Waals surface area (Å²) in [5.41, 5.74) is 1.76. The van der Waals surface area contributed by atoms with E-state index in [0.29, 0.717) is 12.4 Å². The van der Waals surface area contributed by atoms with Gasteiger partial charge in [0.05, 0.1) is 38.2 Å². The molecule has 2 aromatic heterocycles. The van der Waals surface area contributed by atoms with Crippen LogP contribution in [0.1, 0.15) is 11.3 Å². The molecule has 2 N–H and O–H groups in total. The van der Waals surface area contributed by atoms with Gasteiger partial charge in [0.2, 0.25) is 5.91 Å². The fourth-order valence-corrected chi connectivity index (χ4v) is 2.29. The van der Waals surface area contributed by atoms with E-state index < -0.39 is 0 Å². The molecule has 0 fully saturated rings. The van der Waals surface area contributed by atoms with Gasteiger partial charge >= 0.3 is 0 Å². The molecule has 6 nitrogen and oxygen atoms in total. The maximum atomic E-state index is 12.1. The van der Waals surface area contributed by atoms with Gasteiger partial charge in [0.1, 0.15) is 17.3 Å². The lowest BCUT2D eigenvalue weighted by Crippen LogP contribution is -2.15. The number of furan rings is 1. The Kier molecular flexibility index (Phi) is 5.31. The Morgan fingerprint density at radius 1 is 1.16 bits per heavy atom. The van der Waals surface area contributed by atoms with Gasteiger partial charge in [-0.1, -0.05) is 12.1 Å². The van der Waals surface area contributed by atoms with Crippen LogP contribution in [0.2, 0.25) is 0 Å².